The molecule has 0 unspecified atom stereocenters. The van der Waals surface area contributed by atoms with Crippen molar-refractivity contribution in [3.8, 4) is 22.8 Å². The molecule has 3 aromatic carbocycles. The lowest BCUT2D eigenvalue weighted by Crippen LogP contribution is -2.20. The molecule has 1 aromatic heterocycles. The molecule has 1 heterocycles. The lowest BCUT2D eigenvalue weighted by atomic mass is 10.0. The van der Waals surface area contributed by atoms with Gasteiger partial charge in [-0.3, -0.25) is 9.36 Å². The quantitative estimate of drug-likeness (QED) is 0.146. The summed E-state index contributed by atoms with van der Waals surface area (Å²) >= 11 is 7.36. The highest BCUT2D eigenvalue weighted by Gasteiger charge is 2.17. The Labute approximate surface area is 225 Å². The van der Waals surface area contributed by atoms with Crippen LogP contribution in [0.4, 0.5) is 0 Å². The molecule has 0 saturated carbocycles. The van der Waals surface area contributed by atoms with Crippen molar-refractivity contribution in [1.29, 1.82) is 0 Å². The molecule has 0 saturated heterocycles. The number of nitrogens with zero attached hydrogens (tertiary/aromatic N) is 4. The van der Waals surface area contributed by atoms with Crippen LogP contribution < -0.4 is 10.2 Å². The monoisotopic (exact) mass is 533 g/mol. The van der Waals surface area contributed by atoms with Crippen LogP contribution in [0.2, 0.25) is 5.02 Å². The molecule has 190 valence electrons. The minimum Gasteiger partial charge on any atom is -0.494 e. The number of hydrogen-bond acceptors (Lipinski definition) is 6. The van der Waals surface area contributed by atoms with Crippen LogP contribution >= 0.6 is 23.4 Å². The maximum Gasteiger partial charge on any atom is 0.250 e. The first-order chi connectivity index (χ1) is 17.9. The average molecular weight is 534 g/mol. The van der Waals surface area contributed by atoms with Crippen molar-refractivity contribution in [1.82, 2.24) is 20.2 Å². The van der Waals surface area contributed by atoms with Gasteiger partial charge < -0.3 is 4.74 Å². The molecule has 0 aliphatic rings. The van der Waals surface area contributed by atoms with E-state index in [1.54, 1.807) is 6.21 Å². The number of nitrogens with one attached hydrogen (secondary N) is 1. The molecule has 0 aliphatic heterocycles. The second kappa shape index (κ2) is 12.6. The topological polar surface area (TPSA) is 81.4 Å². The molecular weight excluding hydrogens is 506 g/mol. The Balaban J connectivity index is 1.48. The minimum absolute atomic E-state index is 0.124. The Morgan fingerprint density at radius 2 is 1.76 bits per heavy atom. The van der Waals surface area contributed by atoms with E-state index in [9.17, 15) is 4.79 Å². The average Bonchev–Trinajstić information content (AvgIpc) is 3.33. The van der Waals surface area contributed by atoms with Crippen LogP contribution in [-0.4, -0.2) is 39.2 Å². The highest BCUT2D eigenvalue weighted by molar-refractivity contribution is 7.99. The number of amides is 1. The Morgan fingerprint density at radius 3 is 2.41 bits per heavy atom. The Hall–Kier alpha value is -3.62. The van der Waals surface area contributed by atoms with E-state index in [4.69, 9.17) is 16.3 Å². The zero-order chi connectivity index (χ0) is 26.2. The lowest BCUT2D eigenvalue weighted by molar-refractivity contribution is -0.118. The van der Waals surface area contributed by atoms with Gasteiger partial charge in [-0.05, 0) is 72.5 Å². The molecule has 1 amide bonds. The summed E-state index contributed by atoms with van der Waals surface area (Å²) in [5.74, 6) is 1.77. The summed E-state index contributed by atoms with van der Waals surface area (Å²) < 4.78 is 7.49. The van der Waals surface area contributed by atoms with E-state index < -0.39 is 0 Å². The van der Waals surface area contributed by atoms with Gasteiger partial charge in [0, 0.05) is 16.3 Å². The second-order valence-corrected chi connectivity index (χ2v) is 9.86. The lowest BCUT2D eigenvalue weighted by Gasteiger charge is -2.11. The summed E-state index contributed by atoms with van der Waals surface area (Å²) in [6.07, 6.45) is 1.63. The predicted octanol–water partition coefficient (Wildman–Crippen LogP) is 6.35. The van der Waals surface area contributed by atoms with E-state index in [0.717, 1.165) is 22.6 Å². The predicted molar refractivity (Wildman–Crippen MR) is 150 cm³/mol. The zero-order valence-corrected chi connectivity index (χ0v) is 22.5. The Kier molecular flexibility index (Phi) is 8.98. The van der Waals surface area contributed by atoms with Gasteiger partial charge in [-0.15, -0.1) is 10.2 Å². The number of ether oxygens (including phenoxy) is 1. The Morgan fingerprint density at radius 1 is 1.05 bits per heavy atom. The van der Waals surface area contributed by atoms with Crippen LogP contribution in [0.3, 0.4) is 0 Å². The molecule has 37 heavy (non-hydrogen) atoms. The number of rotatable bonds is 10. The van der Waals surface area contributed by atoms with Crippen molar-refractivity contribution in [2.24, 2.45) is 5.10 Å². The van der Waals surface area contributed by atoms with Crippen molar-refractivity contribution in [2.75, 3.05) is 12.4 Å². The van der Waals surface area contributed by atoms with Crippen molar-refractivity contribution < 1.29 is 9.53 Å². The van der Waals surface area contributed by atoms with Gasteiger partial charge in [0.05, 0.1) is 18.6 Å². The third-order valence-electron chi connectivity index (χ3n) is 5.48. The molecular formula is C28H28ClN5O2S. The van der Waals surface area contributed by atoms with Crippen LogP contribution in [0.25, 0.3) is 17.1 Å². The number of aromatic nitrogens is 3. The van der Waals surface area contributed by atoms with Crippen LogP contribution in [0.5, 0.6) is 5.75 Å². The number of benzene rings is 3. The fourth-order valence-electron chi connectivity index (χ4n) is 3.55. The maximum absolute atomic E-state index is 12.5. The van der Waals surface area contributed by atoms with E-state index in [2.05, 4.69) is 46.7 Å². The molecule has 0 atom stereocenters. The van der Waals surface area contributed by atoms with Gasteiger partial charge in [-0.2, -0.15) is 5.10 Å². The summed E-state index contributed by atoms with van der Waals surface area (Å²) in [7, 11) is 0. The largest absolute Gasteiger partial charge is 0.494 e. The summed E-state index contributed by atoms with van der Waals surface area (Å²) in [6.45, 7) is 6.83. The highest BCUT2D eigenvalue weighted by Crippen LogP contribution is 2.29. The number of hydrazone groups is 1. The molecule has 0 bridgehead atoms. The highest BCUT2D eigenvalue weighted by atomic mass is 35.5. The van der Waals surface area contributed by atoms with Crippen molar-refractivity contribution in [2.45, 2.75) is 31.8 Å². The van der Waals surface area contributed by atoms with Gasteiger partial charge >= 0.3 is 0 Å². The molecule has 9 heteroatoms. The molecule has 0 fully saturated rings. The third kappa shape index (κ3) is 6.99. The van der Waals surface area contributed by atoms with Gasteiger partial charge in [-0.1, -0.05) is 61.5 Å². The van der Waals surface area contributed by atoms with Crippen molar-refractivity contribution >= 4 is 35.5 Å². The molecule has 0 radical (unpaired) electrons. The summed E-state index contributed by atoms with van der Waals surface area (Å²) in [4.78, 5) is 12.5. The van der Waals surface area contributed by atoms with E-state index >= 15 is 0 Å². The SMILES string of the molecule is CCOc1ccc(-n2c(SCC(=O)N/N=C\c3ccc(C(C)C)cc3)nnc2-c2ccc(Cl)cc2)cc1. The molecule has 7 nitrogen and oxygen atoms in total. The summed E-state index contributed by atoms with van der Waals surface area (Å²) in [5.41, 5.74) is 6.47. The number of carbonyl (C=O) groups excluding carboxylic acids is 1. The first-order valence-electron chi connectivity index (χ1n) is 11.9. The van der Waals surface area contributed by atoms with Crippen LogP contribution in [0.1, 0.15) is 37.8 Å². The molecule has 0 spiro atoms. The van der Waals surface area contributed by atoms with Crippen molar-refractivity contribution in [3.63, 3.8) is 0 Å². The fraction of sp³-hybridized carbons (Fsp3) is 0.214. The first-order valence-corrected chi connectivity index (χ1v) is 13.3. The molecule has 4 rings (SSSR count). The Bertz CT molecular complexity index is 1350. The van der Waals surface area contributed by atoms with Gasteiger partial charge in [0.1, 0.15) is 5.75 Å². The smallest absolute Gasteiger partial charge is 0.250 e. The van der Waals surface area contributed by atoms with Crippen molar-refractivity contribution in [3.05, 3.63) is 88.9 Å². The van der Waals surface area contributed by atoms with Crippen LogP contribution in [-0.2, 0) is 4.79 Å². The number of thioether (sulfide) groups is 1. The standard InChI is InChI=1S/C28H28ClN5O2S/c1-4-36-25-15-13-24(14-16-25)34-27(22-9-11-23(29)12-10-22)32-33-28(34)37-18-26(35)31-30-17-20-5-7-21(8-6-20)19(2)3/h5-17,19H,4,18H2,1-3H3,(H,31,35)/b30-17-. The number of hydrogen-bond donors (Lipinski definition) is 1. The van der Waals surface area contributed by atoms with Gasteiger partial charge in [0.2, 0.25) is 0 Å². The summed E-state index contributed by atoms with van der Waals surface area (Å²) in [6, 6.07) is 23.2. The molecule has 0 aliphatic carbocycles. The van der Waals surface area contributed by atoms with E-state index in [1.807, 2.05) is 72.2 Å². The van der Waals surface area contributed by atoms with Crippen LogP contribution in [0.15, 0.2) is 83.1 Å². The first kappa shape index (κ1) is 26.4. The molecule has 4 aromatic rings. The minimum atomic E-state index is -0.241. The van der Waals surface area contributed by atoms with E-state index in [1.165, 1.54) is 17.3 Å². The van der Waals surface area contributed by atoms with Crippen LogP contribution in [0, 0.1) is 0 Å². The second-order valence-electron chi connectivity index (χ2n) is 8.48. The van der Waals surface area contributed by atoms with Gasteiger partial charge in [0.25, 0.3) is 5.91 Å². The molecule has 1 N–H and O–H groups in total. The third-order valence-corrected chi connectivity index (χ3v) is 6.66. The fourth-order valence-corrected chi connectivity index (χ4v) is 4.42. The van der Waals surface area contributed by atoms with E-state index in [-0.39, 0.29) is 11.7 Å². The number of carbonyl (C=O) groups is 1. The summed E-state index contributed by atoms with van der Waals surface area (Å²) in [5, 5.41) is 14.1. The maximum atomic E-state index is 12.5. The number of halogens is 1. The van der Waals surface area contributed by atoms with Gasteiger partial charge in [-0.25, -0.2) is 5.43 Å². The van der Waals surface area contributed by atoms with Gasteiger partial charge in [0.15, 0.2) is 11.0 Å². The normalized spacial score (nSPS) is 11.3. The zero-order valence-electron chi connectivity index (χ0n) is 20.9. The van der Waals surface area contributed by atoms with E-state index in [0.29, 0.717) is 28.5 Å².